The third-order valence-electron chi connectivity index (χ3n) is 6.35. The predicted octanol–water partition coefficient (Wildman–Crippen LogP) is 5.49. The quantitative estimate of drug-likeness (QED) is 0.313. The molecule has 3 aromatic carbocycles. The molecule has 0 saturated carbocycles. The van der Waals surface area contributed by atoms with Crippen molar-refractivity contribution >= 4 is 39.1 Å². The Hall–Kier alpha value is -3.36. The fourth-order valence-corrected chi connectivity index (χ4v) is 5.88. The summed E-state index contributed by atoms with van der Waals surface area (Å²) in [6, 6.07) is 19.8. The van der Waals surface area contributed by atoms with Crippen LogP contribution in [0, 0.1) is 13.8 Å². The van der Waals surface area contributed by atoms with E-state index in [-0.39, 0.29) is 23.0 Å². The minimum atomic E-state index is -4.14. The molecule has 208 valence electrons. The van der Waals surface area contributed by atoms with Crippen LogP contribution in [0.3, 0.4) is 0 Å². The molecule has 0 heterocycles. The number of sulfonamides is 1. The van der Waals surface area contributed by atoms with Gasteiger partial charge in [-0.15, -0.1) is 0 Å². The molecular formula is C30H36ClN3O4S. The van der Waals surface area contributed by atoms with Gasteiger partial charge >= 0.3 is 0 Å². The summed E-state index contributed by atoms with van der Waals surface area (Å²) in [4.78, 5) is 28.7. The van der Waals surface area contributed by atoms with Gasteiger partial charge in [-0.1, -0.05) is 79.0 Å². The van der Waals surface area contributed by atoms with E-state index < -0.39 is 28.5 Å². The summed E-state index contributed by atoms with van der Waals surface area (Å²) in [5.41, 5.74) is 3.04. The minimum Gasteiger partial charge on any atom is -0.354 e. The Morgan fingerprint density at radius 2 is 1.62 bits per heavy atom. The van der Waals surface area contributed by atoms with Crippen LogP contribution in [0.5, 0.6) is 0 Å². The van der Waals surface area contributed by atoms with Crippen molar-refractivity contribution in [1.82, 2.24) is 10.2 Å². The second-order valence-corrected chi connectivity index (χ2v) is 11.8. The lowest BCUT2D eigenvalue weighted by Crippen LogP contribution is -2.52. The fourth-order valence-electron chi connectivity index (χ4n) is 4.29. The number of amides is 2. The van der Waals surface area contributed by atoms with Crippen LogP contribution < -0.4 is 9.62 Å². The van der Waals surface area contributed by atoms with Crippen molar-refractivity contribution in [3.8, 4) is 0 Å². The number of hydrogen-bond donors (Lipinski definition) is 1. The van der Waals surface area contributed by atoms with Gasteiger partial charge in [-0.25, -0.2) is 8.42 Å². The number of carbonyl (C=O) groups excluding carboxylic acids is 2. The fraction of sp³-hybridized carbons (Fsp3) is 0.333. The van der Waals surface area contributed by atoms with Gasteiger partial charge in [0.25, 0.3) is 10.0 Å². The summed E-state index contributed by atoms with van der Waals surface area (Å²) >= 11 is 6.22. The van der Waals surface area contributed by atoms with Gasteiger partial charge in [0.2, 0.25) is 11.8 Å². The molecule has 0 spiro atoms. The molecule has 0 unspecified atom stereocenters. The molecule has 0 aliphatic rings. The zero-order valence-electron chi connectivity index (χ0n) is 22.9. The zero-order valence-corrected chi connectivity index (χ0v) is 24.4. The Kier molecular flexibility index (Phi) is 10.5. The smallest absolute Gasteiger partial charge is 0.264 e. The number of rotatable bonds is 12. The van der Waals surface area contributed by atoms with Crippen LogP contribution in [0.1, 0.15) is 43.4 Å². The molecule has 3 aromatic rings. The molecule has 39 heavy (non-hydrogen) atoms. The van der Waals surface area contributed by atoms with Gasteiger partial charge in [-0.3, -0.25) is 13.9 Å². The van der Waals surface area contributed by atoms with Crippen LogP contribution >= 0.6 is 11.6 Å². The Bertz CT molecular complexity index is 1390. The molecule has 7 nitrogen and oxygen atoms in total. The highest BCUT2D eigenvalue weighted by atomic mass is 35.5. The second-order valence-electron chi connectivity index (χ2n) is 9.53. The van der Waals surface area contributed by atoms with E-state index in [1.54, 1.807) is 30.3 Å². The van der Waals surface area contributed by atoms with Crippen LogP contribution in [-0.4, -0.2) is 44.3 Å². The molecule has 2 amide bonds. The third kappa shape index (κ3) is 7.83. The van der Waals surface area contributed by atoms with Crippen molar-refractivity contribution in [1.29, 1.82) is 0 Å². The van der Waals surface area contributed by atoms with Crippen molar-refractivity contribution in [3.05, 3.63) is 94.5 Å². The van der Waals surface area contributed by atoms with Crippen LogP contribution in [-0.2, 0) is 26.2 Å². The van der Waals surface area contributed by atoms with Crippen LogP contribution in [0.25, 0.3) is 0 Å². The first kappa shape index (κ1) is 30.2. The van der Waals surface area contributed by atoms with E-state index in [9.17, 15) is 18.0 Å². The number of nitrogens with zero attached hydrogens (tertiary/aromatic N) is 2. The molecule has 9 heteroatoms. The number of benzene rings is 3. The van der Waals surface area contributed by atoms with Gasteiger partial charge in [0.15, 0.2) is 0 Å². The average molecular weight is 570 g/mol. The molecular weight excluding hydrogens is 534 g/mol. The number of aryl methyl sites for hydroxylation is 2. The van der Waals surface area contributed by atoms with Crippen molar-refractivity contribution < 1.29 is 18.0 Å². The SMILES string of the molecule is CCCNC(=O)[C@H](CC)N(Cc1cccc(C)c1)C(=O)CN(c1cccc(Cl)c1)S(=O)(=O)c1ccc(C)cc1. The Labute approximate surface area is 236 Å². The normalized spacial score (nSPS) is 12.0. The van der Waals surface area contributed by atoms with Crippen LogP contribution in [0.4, 0.5) is 5.69 Å². The monoisotopic (exact) mass is 569 g/mol. The van der Waals surface area contributed by atoms with Crippen molar-refractivity contribution in [2.24, 2.45) is 0 Å². The second kappa shape index (κ2) is 13.6. The lowest BCUT2D eigenvalue weighted by Gasteiger charge is -2.33. The number of hydrogen-bond acceptors (Lipinski definition) is 4. The maximum absolute atomic E-state index is 14.0. The Morgan fingerprint density at radius 1 is 0.923 bits per heavy atom. The maximum Gasteiger partial charge on any atom is 0.264 e. The molecule has 0 saturated heterocycles. The van der Waals surface area contributed by atoms with Crippen molar-refractivity contribution in [2.75, 3.05) is 17.4 Å². The number of carbonyl (C=O) groups is 2. The molecule has 3 rings (SSSR count). The predicted molar refractivity (Wildman–Crippen MR) is 156 cm³/mol. The largest absolute Gasteiger partial charge is 0.354 e. The van der Waals surface area contributed by atoms with Crippen molar-refractivity contribution in [2.45, 2.75) is 58.0 Å². The van der Waals surface area contributed by atoms with Gasteiger partial charge < -0.3 is 10.2 Å². The third-order valence-corrected chi connectivity index (χ3v) is 8.38. The van der Waals surface area contributed by atoms with Gasteiger partial charge in [0.05, 0.1) is 10.6 Å². The first-order valence-corrected chi connectivity index (χ1v) is 14.9. The van der Waals surface area contributed by atoms with Gasteiger partial charge in [0.1, 0.15) is 12.6 Å². The van der Waals surface area contributed by atoms with Gasteiger partial charge in [0, 0.05) is 18.1 Å². The summed E-state index contributed by atoms with van der Waals surface area (Å²) in [6.07, 6.45) is 1.13. The summed E-state index contributed by atoms with van der Waals surface area (Å²) < 4.78 is 28.8. The summed E-state index contributed by atoms with van der Waals surface area (Å²) in [6.45, 7) is 7.76. The Morgan fingerprint density at radius 3 is 2.23 bits per heavy atom. The molecule has 0 fully saturated rings. The first-order valence-electron chi connectivity index (χ1n) is 13.0. The van der Waals surface area contributed by atoms with Gasteiger partial charge in [-0.2, -0.15) is 0 Å². The van der Waals surface area contributed by atoms with E-state index in [0.717, 1.165) is 27.4 Å². The highest BCUT2D eigenvalue weighted by Crippen LogP contribution is 2.27. The number of halogens is 1. The zero-order chi connectivity index (χ0) is 28.6. The standard InChI is InChI=1S/C30H36ClN3O4S/c1-5-17-32-30(36)28(6-2)33(20-24-10-7-9-23(4)18-24)29(35)21-34(26-12-8-11-25(31)19-26)39(37,38)27-15-13-22(3)14-16-27/h7-16,18-19,28H,5-6,17,20-21H2,1-4H3,(H,32,36)/t28-/m0/s1. The first-order chi connectivity index (χ1) is 18.6. The summed E-state index contributed by atoms with van der Waals surface area (Å²) in [5.74, 6) is -0.762. The molecule has 1 atom stereocenters. The topological polar surface area (TPSA) is 86.8 Å². The molecule has 0 bridgehead atoms. The molecule has 0 aliphatic carbocycles. The number of anilines is 1. The van der Waals surface area contributed by atoms with E-state index in [0.29, 0.717) is 18.0 Å². The summed E-state index contributed by atoms with van der Waals surface area (Å²) in [5, 5.41) is 3.23. The van der Waals surface area contributed by atoms with Crippen LogP contribution in [0.15, 0.2) is 77.7 Å². The van der Waals surface area contributed by atoms with Gasteiger partial charge in [-0.05, 0) is 62.6 Å². The van der Waals surface area contributed by atoms with E-state index >= 15 is 0 Å². The highest BCUT2D eigenvalue weighted by molar-refractivity contribution is 7.92. The van der Waals surface area contributed by atoms with E-state index in [2.05, 4.69) is 5.32 Å². The molecule has 1 N–H and O–H groups in total. The number of nitrogens with one attached hydrogen (secondary N) is 1. The maximum atomic E-state index is 14.0. The lowest BCUT2D eigenvalue weighted by molar-refractivity contribution is -0.140. The Balaban J connectivity index is 2.05. The molecule has 0 aliphatic heterocycles. The van der Waals surface area contributed by atoms with E-state index in [4.69, 9.17) is 11.6 Å². The highest BCUT2D eigenvalue weighted by Gasteiger charge is 2.33. The average Bonchev–Trinajstić information content (AvgIpc) is 2.90. The minimum absolute atomic E-state index is 0.0545. The lowest BCUT2D eigenvalue weighted by atomic mass is 10.1. The summed E-state index contributed by atoms with van der Waals surface area (Å²) in [7, 11) is -4.14. The van der Waals surface area contributed by atoms with E-state index in [1.165, 1.54) is 23.1 Å². The molecule has 0 radical (unpaired) electrons. The van der Waals surface area contributed by atoms with Crippen molar-refractivity contribution in [3.63, 3.8) is 0 Å². The van der Waals surface area contributed by atoms with Crippen LogP contribution in [0.2, 0.25) is 5.02 Å². The van der Waals surface area contributed by atoms with E-state index in [1.807, 2.05) is 52.0 Å². The molecule has 0 aromatic heterocycles.